The summed E-state index contributed by atoms with van der Waals surface area (Å²) in [6.07, 6.45) is 0.508. The predicted molar refractivity (Wildman–Crippen MR) is 125 cm³/mol. The SMILES string of the molecule is COc1ccc(OC)c(NC(=O)C2CC(C(C)C)NC23C(=O)Nc2c(Cl)cc(C)cc23)c1. The lowest BCUT2D eigenvalue weighted by Gasteiger charge is -2.30. The second-order valence-electron chi connectivity index (χ2n) is 8.77. The Morgan fingerprint density at radius 3 is 2.62 bits per heavy atom. The van der Waals surface area contributed by atoms with Crippen molar-refractivity contribution >= 4 is 34.8 Å². The molecule has 4 rings (SSSR count). The van der Waals surface area contributed by atoms with Crippen LogP contribution >= 0.6 is 11.6 Å². The molecule has 2 heterocycles. The third-order valence-electron chi connectivity index (χ3n) is 6.47. The van der Waals surface area contributed by atoms with E-state index in [0.717, 1.165) is 5.56 Å². The number of halogens is 1. The molecule has 2 aliphatic rings. The van der Waals surface area contributed by atoms with E-state index < -0.39 is 11.5 Å². The monoisotopic (exact) mass is 457 g/mol. The van der Waals surface area contributed by atoms with Gasteiger partial charge in [-0.3, -0.25) is 14.9 Å². The Labute approximate surface area is 192 Å². The highest BCUT2D eigenvalue weighted by molar-refractivity contribution is 6.35. The first kappa shape index (κ1) is 22.4. The molecule has 1 saturated heterocycles. The van der Waals surface area contributed by atoms with Gasteiger partial charge in [-0.15, -0.1) is 0 Å². The summed E-state index contributed by atoms with van der Waals surface area (Å²) >= 11 is 6.46. The zero-order chi connectivity index (χ0) is 23.2. The molecule has 2 amide bonds. The molecule has 1 fully saturated rings. The predicted octanol–water partition coefficient (Wildman–Crippen LogP) is 4.09. The number of carbonyl (C=O) groups is 2. The molecule has 0 saturated carbocycles. The zero-order valence-electron chi connectivity index (χ0n) is 18.8. The summed E-state index contributed by atoms with van der Waals surface area (Å²) in [4.78, 5) is 27.1. The van der Waals surface area contributed by atoms with E-state index in [2.05, 4.69) is 29.8 Å². The Morgan fingerprint density at radius 1 is 1.22 bits per heavy atom. The van der Waals surface area contributed by atoms with Crippen LogP contribution in [-0.4, -0.2) is 32.1 Å². The molecule has 1 spiro atoms. The Balaban J connectivity index is 1.78. The number of carbonyl (C=O) groups excluding carboxylic acids is 2. The maximum atomic E-state index is 13.7. The van der Waals surface area contributed by atoms with Gasteiger partial charge >= 0.3 is 0 Å². The number of amides is 2. The fourth-order valence-corrected chi connectivity index (χ4v) is 5.08. The summed E-state index contributed by atoms with van der Waals surface area (Å²) in [7, 11) is 3.10. The van der Waals surface area contributed by atoms with E-state index in [0.29, 0.717) is 39.9 Å². The summed E-state index contributed by atoms with van der Waals surface area (Å²) < 4.78 is 10.7. The van der Waals surface area contributed by atoms with Crippen molar-refractivity contribution < 1.29 is 19.1 Å². The van der Waals surface area contributed by atoms with Gasteiger partial charge in [0.05, 0.1) is 36.5 Å². The van der Waals surface area contributed by atoms with Gasteiger partial charge in [-0.05, 0) is 43.0 Å². The van der Waals surface area contributed by atoms with Gasteiger partial charge in [0.15, 0.2) is 0 Å². The van der Waals surface area contributed by atoms with Crippen LogP contribution in [0.15, 0.2) is 30.3 Å². The number of anilines is 2. The standard InChI is InChI=1S/C24H28ClN3O4/c1-12(2)18-11-16(22(29)26-19-10-14(31-4)6-7-20(19)32-5)24(28-18)15-8-13(3)9-17(25)21(15)27-23(24)30/h6-10,12,16,18,28H,11H2,1-5H3,(H,26,29)(H,27,30). The molecule has 32 heavy (non-hydrogen) atoms. The molecule has 8 heteroatoms. The summed E-state index contributed by atoms with van der Waals surface area (Å²) in [6.45, 7) is 6.08. The van der Waals surface area contributed by atoms with Crippen molar-refractivity contribution in [3.05, 3.63) is 46.5 Å². The molecule has 3 unspecified atom stereocenters. The third kappa shape index (κ3) is 3.49. The molecule has 3 N–H and O–H groups in total. The van der Waals surface area contributed by atoms with Crippen LogP contribution in [0.3, 0.4) is 0 Å². The number of nitrogens with one attached hydrogen (secondary N) is 3. The van der Waals surface area contributed by atoms with Crippen LogP contribution in [0.2, 0.25) is 5.02 Å². The maximum absolute atomic E-state index is 13.7. The molecule has 2 aromatic rings. The lowest BCUT2D eigenvalue weighted by atomic mass is 9.79. The summed E-state index contributed by atoms with van der Waals surface area (Å²) in [5.41, 5.74) is 1.49. The van der Waals surface area contributed by atoms with Crippen LogP contribution in [0, 0.1) is 18.8 Å². The van der Waals surface area contributed by atoms with Gasteiger partial charge in [-0.1, -0.05) is 31.5 Å². The Morgan fingerprint density at radius 2 is 1.97 bits per heavy atom. The van der Waals surface area contributed by atoms with Gasteiger partial charge in [0.2, 0.25) is 11.8 Å². The molecule has 3 atom stereocenters. The fraction of sp³-hybridized carbons (Fsp3) is 0.417. The number of aryl methyl sites for hydroxylation is 1. The Bertz CT molecular complexity index is 1090. The van der Waals surface area contributed by atoms with Crippen LogP contribution in [0.4, 0.5) is 11.4 Å². The van der Waals surface area contributed by atoms with Crippen LogP contribution in [0.5, 0.6) is 11.5 Å². The second kappa shape index (κ2) is 8.30. The zero-order valence-corrected chi connectivity index (χ0v) is 19.6. The van der Waals surface area contributed by atoms with Gasteiger partial charge in [0, 0.05) is 17.7 Å². The molecule has 7 nitrogen and oxygen atoms in total. The smallest absolute Gasteiger partial charge is 0.250 e. The first-order valence-electron chi connectivity index (χ1n) is 10.6. The molecule has 0 aromatic heterocycles. The van der Waals surface area contributed by atoms with Crippen molar-refractivity contribution in [1.29, 1.82) is 0 Å². The van der Waals surface area contributed by atoms with Crippen LogP contribution in [-0.2, 0) is 15.1 Å². The first-order chi connectivity index (χ1) is 15.2. The number of fused-ring (bicyclic) bond motifs is 2. The van der Waals surface area contributed by atoms with Gasteiger partial charge in [0.25, 0.3) is 0 Å². The van der Waals surface area contributed by atoms with Crippen molar-refractivity contribution in [2.45, 2.75) is 38.8 Å². The minimum Gasteiger partial charge on any atom is -0.497 e. The van der Waals surface area contributed by atoms with Crippen molar-refractivity contribution in [1.82, 2.24) is 5.32 Å². The van der Waals surface area contributed by atoms with E-state index in [1.54, 1.807) is 25.3 Å². The quantitative estimate of drug-likeness (QED) is 0.629. The van der Waals surface area contributed by atoms with Crippen LogP contribution < -0.4 is 25.4 Å². The van der Waals surface area contributed by atoms with Gasteiger partial charge < -0.3 is 20.1 Å². The fourth-order valence-electron chi connectivity index (χ4n) is 4.76. The maximum Gasteiger partial charge on any atom is 0.250 e. The normalized spacial score (nSPS) is 23.9. The van der Waals surface area contributed by atoms with Crippen molar-refractivity contribution in [2.75, 3.05) is 24.9 Å². The van der Waals surface area contributed by atoms with E-state index in [4.69, 9.17) is 21.1 Å². The first-order valence-corrected chi connectivity index (χ1v) is 11.0. The van der Waals surface area contributed by atoms with Gasteiger partial charge in [0.1, 0.15) is 17.0 Å². The molecule has 0 radical (unpaired) electrons. The van der Waals surface area contributed by atoms with Crippen molar-refractivity contribution in [3.63, 3.8) is 0 Å². The molecule has 0 bridgehead atoms. The highest BCUT2D eigenvalue weighted by Gasteiger charge is 2.60. The van der Waals surface area contributed by atoms with Crippen LogP contribution in [0.1, 0.15) is 31.4 Å². The van der Waals surface area contributed by atoms with Gasteiger partial charge in [-0.2, -0.15) is 0 Å². The number of methoxy groups -OCH3 is 2. The second-order valence-corrected chi connectivity index (χ2v) is 9.18. The highest BCUT2D eigenvalue weighted by Crippen LogP contribution is 2.50. The molecule has 170 valence electrons. The molecule has 2 aromatic carbocycles. The summed E-state index contributed by atoms with van der Waals surface area (Å²) in [5, 5.41) is 9.86. The number of benzene rings is 2. The van der Waals surface area contributed by atoms with E-state index in [1.165, 1.54) is 7.11 Å². The summed E-state index contributed by atoms with van der Waals surface area (Å²) in [5.74, 6) is 0.147. The van der Waals surface area contributed by atoms with Gasteiger partial charge in [-0.25, -0.2) is 0 Å². The third-order valence-corrected chi connectivity index (χ3v) is 6.77. The lowest BCUT2D eigenvalue weighted by molar-refractivity contribution is -0.130. The molecular weight excluding hydrogens is 430 g/mol. The average Bonchev–Trinajstić information content (AvgIpc) is 3.29. The van der Waals surface area contributed by atoms with Crippen molar-refractivity contribution in [3.8, 4) is 11.5 Å². The van der Waals surface area contributed by atoms with E-state index in [-0.39, 0.29) is 23.8 Å². The topological polar surface area (TPSA) is 88.7 Å². The Hall–Kier alpha value is -2.77. The number of ether oxygens (including phenoxy) is 2. The Kier molecular flexibility index (Phi) is 5.81. The minimum atomic E-state index is -1.20. The largest absolute Gasteiger partial charge is 0.497 e. The highest BCUT2D eigenvalue weighted by atomic mass is 35.5. The molecule has 0 aliphatic carbocycles. The van der Waals surface area contributed by atoms with Crippen molar-refractivity contribution in [2.24, 2.45) is 11.8 Å². The van der Waals surface area contributed by atoms with E-state index >= 15 is 0 Å². The lowest BCUT2D eigenvalue weighted by Crippen LogP contribution is -2.52. The molecular formula is C24H28ClN3O4. The van der Waals surface area contributed by atoms with Crippen LogP contribution in [0.25, 0.3) is 0 Å². The van der Waals surface area contributed by atoms with E-state index in [1.807, 2.05) is 19.1 Å². The summed E-state index contributed by atoms with van der Waals surface area (Å²) in [6, 6.07) is 8.91. The number of hydrogen-bond donors (Lipinski definition) is 3. The number of rotatable bonds is 5. The average molecular weight is 458 g/mol. The number of hydrogen-bond acceptors (Lipinski definition) is 5. The molecule has 2 aliphatic heterocycles. The van der Waals surface area contributed by atoms with E-state index in [9.17, 15) is 9.59 Å². The minimum absolute atomic E-state index is 0.0195.